The van der Waals surface area contributed by atoms with E-state index in [1.807, 2.05) is 0 Å². The average molecular weight is 761 g/mol. The minimum atomic E-state index is -0.684. The van der Waals surface area contributed by atoms with Crippen LogP contribution in [0, 0.1) is 20.2 Å². The zero-order valence-corrected chi connectivity index (χ0v) is 28.6. The van der Waals surface area contributed by atoms with E-state index in [0.717, 1.165) is 47.8 Å². The van der Waals surface area contributed by atoms with Gasteiger partial charge >= 0.3 is 0 Å². The Morgan fingerprint density at radius 2 is 0.960 bits per heavy atom. The molecule has 50 heavy (non-hydrogen) atoms. The minimum Gasteiger partial charge on any atom is -0.293 e. The number of hydrogen-bond donors (Lipinski definition) is 4. The van der Waals surface area contributed by atoms with Crippen LogP contribution < -0.4 is 21.7 Å². The van der Waals surface area contributed by atoms with Crippen molar-refractivity contribution in [2.24, 2.45) is 0 Å². The van der Waals surface area contributed by atoms with Gasteiger partial charge in [-0.05, 0) is 37.1 Å². The molecule has 22 heteroatoms. The lowest BCUT2D eigenvalue weighted by molar-refractivity contribution is -0.385. The van der Waals surface area contributed by atoms with Gasteiger partial charge in [0.2, 0.25) is 11.8 Å². The van der Waals surface area contributed by atoms with Crippen molar-refractivity contribution >= 4 is 103 Å². The van der Waals surface area contributed by atoms with Gasteiger partial charge in [-0.15, -0.1) is 0 Å². The van der Waals surface area contributed by atoms with Crippen LogP contribution in [0.4, 0.5) is 11.4 Å². The molecular weight excluding hydrogens is 737 g/mol. The quantitative estimate of drug-likeness (QED) is 0.105. The number of benzene rings is 2. The standard InChI is InChI=1S/C28H24N8O10S4/c37-19(29-31-23(39)15-5-9-17(10-6-15)35(43)44)3-1-13-33-25(41)21(49-27(33)47)22-26(42)34(28(48)50-22)14-2-4-20(38)30-32-24(40)16-7-11-18(12-8-16)36(45)46/h5-12H,1-4,13-14H2,(H,29,37)(H,30,38)(H,31,39)(H,32,40)/b22-21+. The maximum atomic E-state index is 13.2. The Morgan fingerprint density at radius 3 is 1.28 bits per heavy atom. The highest BCUT2D eigenvalue weighted by atomic mass is 32.2. The molecule has 2 aromatic carbocycles. The van der Waals surface area contributed by atoms with E-state index in [0.29, 0.717) is 0 Å². The highest BCUT2D eigenvalue weighted by Gasteiger charge is 2.41. The fourth-order valence-electron chi connectivity index (χ4n) is 4.24. The molecule has 2 aliphatic heterocycles. The maximum absolute atomic E-state index is 13.2. The molecule has 4 rings (SSSR count). The fraction of sp³-hybridized carbons (Fsp3) is 0.214. The molecule has 0 radical (unpaired) electrons. The van der Waals surface area contributed by atoms with Crippen molar-refractivity contribution in [2.45, 2.75) is 25.7 Å². The number of carbonyl (C=O) groups is 6. The summed E-state index contributed by atoms with van der Waals surface area (Å²) in [5, 5.41) is 21.5. The van der Waals surface area contributed by atoms with Gasteiger partial charge in [-0.2, -0.15) is 0 Å². The van der Waals surface area contributed by atoms with Crippen LogP contribution >= 0.6 is 48.0 Å². The molecule has 0 spiro atoms. The lowest BCUT2D eigenvalue weighted by Crippen LogP contribution is -2.42. The second kappa shape index (κ2) is 16.9. The van der Waals surface area contributed by atoms with Crippen LogP contribution in [0.3, 0.4) is 0 Å². The molecule has 0 saturated carbocycles. The smallest absolute Gasteiger partial charge is 0.269 e. The van der Waals surface area contributed by atoms with Gasteiger partial charge in [0, 0.05) is 61.3 Å². The van der Waals surface area contributed by atoms with E-state index in [4.69, 9.17) is 24.4 Å². The summed E-state index contributed by atoms with van der Waals surface area (Å²) >= 11 is 12.5. The first kappa shape index (κ1) is 37.5. The van der Waals surface area contributed by atoms with Gasteiger partial charge in [-0.1, -0.05) is 48.0 Å². The first-order valence-electron chi connectivity index (χ1n) is 14.3. The number of rotatable bonds is 12. The fourth-order valence-corrected chi connectivity index (χ4v) is 7.01. The number of hydrazine groups is 2. The third-order valence-corrected chi connectivity index (χ3v) is 9.81. The summed E-state index contributed by atoms with van der Waals surface area (Å²) in [4.78, 5) is 98.1. The van der Waals surface area contributed by atoms with E-state index in [2.05, 4.69) is 21.7 Å². The number of hydrogen-bond acceptors (Lipinski definition) is 14. The molecule has 0 unspecified atom stereocenters. The molecule has 6 amide bonds. The van der Waals surface area contributed by atoms with Crippen LogP contribution in [-0.4, -0.2) is 76.8 Å². The molecule has 0 bridgehead atoms. The Labute approximate surface area is 301 Å². The summed E-state index contributed by atoms with van der Waals surface area (Å²) in [5.41, 5.74) is 8.66. The number of thiocarbonyl (C=S) groups is 2. The summed E-state index contributed by atoms with van der Waals surface area (Å²) in [6.07, 6.45) is 0.138. The van der Waals surface area contributed by atoms with E-state index in [1.165, 1.54) is 34.1 Å². The number of nitro groups is 2. The topological polar surface area (TPSA) is 243 Å². The first-order valence-corrected chi connectivity index (χ1v) is 16.7. The van der Waals surface area contributed by atoms with E-state index in [-0.39, 0.29) is 79.7 Å². The largest absolute Gasteiger partial charge is 0.293 e. The SMILES string of the molecule is O=C(CCCN1C(=O)/C(=C2\SC(=S)N(CCCC(=O)NNC(=O)c3ccc([N+](=O)[O-])cc3)C2=O)SC1=S)NNC(=O)c1ccc([N+](=O)[O-])cc1. The third kappa shape index (κ3) is 9.43. The number of thioether (sulfide) groups is 2. The Balaban J connectivity index is 1.20. The minimum absolute atomic E-state index is 0.0496. The molecular formula is C28H24N8O10S4. The van der Waals surface area contributed by atoms with Crippen LogP contribution in [0.5, 0.6) is 0 Å². The second-order valence-electron chi connectivity index (χ2n) is 10.1. The van der Waals surface area contributed by atoms with Crippen molar-refractivity contribution in [2.75, 3.05) is 13.1 Å². The average Bonchev–Trinajstić information content (AvgIpc) is 3.54. The van der Waals surface area contributed by atoms with Crippen molar-refractivity contribution in [1.29, 1.82) is 0 Å². The van der Waals surface area contributed by atoms with Crippen LogP contribution in [0.2, 0.25) is 0 Å². The van der Waals surface area contributed by atoms with E-state index < -0.39 is 45.3 Å². The molecule has 2 fully saturated rings. The Bertz CT molecular complexity index is 1700. The number of nitro benzene ring substituents is 2. The number of amides is 6. The third-order valence-electron chi connectivity index (χ3n) is 6.79. The summed E-state index contributed by atoms with van der Waals surface area (Å²) in [5.74, 6) is -3.56. The summed E-state index contributed by atoms with van der Waals surface area (Å²) < 4.78 is 0.351. The molecule has 18 nitrogen and oxygen atoms in total. The zero-order valence-electron chi connectivity index (χ0n) is 25.4. The Hall–Kier alpha value is -5.32. The lowest BCUT2D eigenvalue weighted by atomic mass is 10.2. The summed E-state index contributed by atoms with van der Waals surface area (Å²) in [7, 11) is 0. The van der Waals surface area contributed by atoms with Crippen molar-refractivity contribution in [3.05, 3.63) is 89.7 Å². The van der Waals surface area contributed by atoms with Crippen LogP contribution in [0.25, 0.3) is 0 Å². The summed E-state index contributed by atoms with van der Waals surface area (Å²) in [6, 6.07) is 9.55. The highest BCUT2D eigenvalue weighted by Crippen LogP contribution is 2.42. The van der Waals surface area contributed by atoms with E-state index >= 15 is 0 Å². The van der Waals surface area contributed by atoms with Crippen LogP contribution in [-0.2, 0) is 19.2 Å². The number of nitrogens with one attached hydrogen (secondary N) is 4. The van der Waals surface area contributed by atoms with Gasteiger partial charge in [0.1, 0.15) is 8.64 Å². The van der Waals surface area contributed by atoms with Crippen molar-refractivity contribution < 1.29 is 38.6 Å². The Kier molecular flexibility index (Phi) is 12.7. The van der Waals surface area contributed by atoms with Crippen molar-refractivity contribution in [1.82, 2.24) is 31.5 Å². The van der Waals surface area contributed by atoms with Gasteiger partial charge in [0.25, 0.3) is 35.0 Å². The molecule has 2 heterocycles. The predicted octanol–water partition coefficient (Wildman–Crippen LogP) is 2.22. The maximum Gasteiger partial charge on any atom is 0.269 e. The normalized spacial score (nSPS) is 15.6. The zero-order chi connectivity index (χ0) is 36.5. The first-order chi connectivity index (χ1) is 23.8. The number of nitrogens with zero attached hydrogens (tertiary/aromatic N) is 4. The van der Waals surface area contributed by atoms with Crippen LogP contribution in [0.15, 0.2) is 58.3 Å². The molecule has 0 aliphatic carbocycles. The van der Waals surface area contributed by atoms with Gasteiger partial charge < -0.3 is 0 Å². The van der Waals surface area contributed by atoms with E-state index in [1.54, 1.807) is 0 Å². The molecule has 0 atom stereocenters. The Morgan fingerprint density at radius 1 is 0.620 bits per heavy atom. The molecule has 0 aromatic heterocycles. The lowest BCUT2D eigenvalue weighted by Gasteiger charge is -2.15. The van der Waals surface area contributed by atoms with Crippen molar-refractivity contribution in [3.8, 4) is 0 Å². The molecule has 2 aliphatic rings. The monoisotopic (exact) mass is 760 g/mol. The molecule has 260 valence electrons. The van der Waals surface area contributed by atoms with E-state index in [9.17, 15) is 49.0 Å². The molecule has 2 saturated heterocycles. The predicted molar refractivity (Wildman–Crippen MR) is 187 cm³/mol. The van der Waals surface area contributed by atoms with Gasteiger partial charge in [-0.25, -0.2) is 0 Å². The summed E-state index contributed by atoms with van der Waals surface area (Å²) in [6.45, 7) is 0.0993. The number of carbonyl (C=O) groups excluding carboxylic acids is 6. The molecule has 4 N–H and O–H groups in total. The van der Waals surface area contributed by atoms with Gasteiger partial charge in [-0.3, -0.25) is 80.5 Å². The number of non-ortho nitro benzene ring substituents is 2. The van der Waals surface area contributed by atoms with Crippen LogP contribution in [0.1, 0.15) is 46.4 Å². The van der Waals surface area contributed by atoms with Gasteiger partial charge in [0.05, 0.1) is 19.7 Å². The second-order valence-corrected chi connectivity index (χ2v) is 13.4. The highest BCUT2D eigenvalue weighted by molar-refractivity contribution is 8.29. The van der Waals surface area contributed by atoms with Gasteiger partial charge in [0.15, 0.2) is 0 Å². The van der Waals surface area contributed by atoms with Crippen molar-refractivity contribution in [3.63, 3.8) is 0 Å². The molecule has 2 aromatic rings.